The first kappa shape index (κ1) is 26.3. The molecule has 2 heterocycles. The van der Waals surface area contributed by atoms with E-state index in [1.54, 1.807) is 43.5 Å². The lowest BCUT2D eigenvalue weighted by Crippen LogP contribution is -2.42. The predicted molar refractivity (Wildman–Crippen MR) is 140 cm³/mol. The quantitative estimate of drug-likeness (QED) is 0.377. The number of methoxy groups -OCH3 is 4. The average Bonchev–Trinajstić information content (AvgIpc) is 3.20. The van der Waals surface area contributed by atoms with Crippen LogP contribution in [0.25, 0.3) is 0 Å². The summed E-state index contributed by atoms with van der Waals surface area (Å²) in [4.78, 5) is 34.1. The predicted octanol–water partition coefficient (Wildman–Crippen LogP) is 4.59. The third kappa shape index (κ3) is 5.22. The fourth-order valence-corrected chi connectivity index (χ4v) is 6.06. The summed E-state index contributed by atoms with van der Waals surface area (Å²) in [5.74, 6) is 0.959. The second-order valence-electron chi connectivity index (χ2n) is 8.71. The Morgan fingerprint density at radius 1 is 1.03 bits per heavy atom. The minimum atomic E-state index is -1.24. The van der Waals surface area contributed by atoms with Gasteiger partial charge < -0.3 is 23.8 Å². The normalized spacial score (nSPS) is 19.0. The zero-order chi connectivity index (χ0) is 26.6. The van der Waals surface area contributed by atoms with Crippen LogP contribution in [0.3, 0.4) is 0 Å². The van der Waals surface area contributed by atoms with Crippen molar-refractivity contribution in [3.63, 3.8) is 0 Å². The first-order valence-electron chi connectivity index (χ1n) is 11.7. The molecule has 1 saturated heterocycles. The number of pyridine rings is 1. The highest BCUT2D eigenvalue weighted by molar-refractivity contribution is 8.01. The van der Waals surface area contributed by atoms with Gasteiger partial charge in [0.1, 0.15) is 11.5 Å². The maximum Gasteiger partial charge on any atom is 0.325 e. The van der Waals surface area contributed by atoms with Gasteiger partial charge in [-0.05, 0) is 42.8 Å². The number of ether oxygens (including phenoxy) is 4. The van der Waals surface area contributed by atoms with Crippen LogP contribution in [-0.2, 0) is 20.9 Å². The van der Waals surface area contributed by atoms with Crippen molar-refractivity contribution in [3.8, 4) is 17.4 Å². The lowest BCUT2D eigenvalue weighted by atomic mass is 9.92. The molecule has 1 amide bonds. The molecule has 37 heavy (non-hydrogen) atoms. The number of thioether (sulfide) groups is 1. The van der Waals surface area contributed by atoms with E-state index in [2.05, 4.69) is 4.98 Å². The van der Waals surface area contributed by atoms with Crippen molar-refractivity contribution in [2.45, 2.75) is 35.6 Å². The molecule has 1 unspecified atom stereocenters. The lowest BCUT2D eigenvalue weighted by molar-refractivity contribution is -0.144. The van der Waals surface area contributed by atoms with E-state index in [0.717, 1.165) is 21.6 Å². The number of likely N-dealkylation sites (tertiary alicyclic amines) is 1. The first-order valence-corrected chi connectivity index (χ1v) is 12.5. The molecule has 0 saturated carbocycles. The smallest absolute Gasteiger partial charge is 0.325 e. The third-order valence-electron chi connectivity index (χ3n) is 6.46. The Hall–Kier alpha value is -3.72. The second-order valence-corrected chi connectivity index (χ2v) is 10.1. The molecule has 194 valence electrons. The van der Waals surface area contributed by atoms with Crippen molar-refractivity contribution < 1.29 is 28.5 Å². The number of hydrogen-bond donors (Lipinski definition) is 0. The number of nitrogens with zero attached hydrogens (tertiary/aromatic N) is 2. The lowest BCUT2D eigenvalue weighted by Gasteiger charge is -2.35. The summed E-state index contributed by atoms with van der Waals surface area (Å²) in [6.07, 6.45) is 1.58. The zero-order valence-electron chi connectivity index (χ0n) is 21.5. The number of carbonyl (C=O) groups is 2. The van der Waals surface area contributed by atoms with Gasteiger partial charge in [0.05, 0.1) is 40.9 Å². The minimum Gasteiger partial charge on any atom is -0.497 e. The molecule has 0 N–H and O–H groups in total. The first-order chi connectivity index (χ1) is 17.8. The molecule has 9 heteroatoms. The molecule has 1 aliphatic rings. The molecule has 2 aromatic carbocycles. The van der Waals surface area contributed by atoms with E-state index >= 15 is 0 Å². The fraction of sp³-hybridized carbons (Fsp3) is 0.321. The minimum absolute atomic E-state index is 0.0357. The Morgan fingerprint density at radius 3 is 2.43 bits per heavy atom. The van der Waals surface area contributed by atoms with Gasteiger partial charge in [-0.1, -0.05) is 17.7 Å². The number of hydrogen-bond acceptors (Lipinski definition) is 8. The van der Waals surface area contributed by atoms with Crippen molar-refractivity contribution in [1.29, 1.82) is 0 Å². The summed E-state index contributed by atoms with van der Waals surface area (Å²) < 4.78 is 20.4. The summed E-state index contributed by atoms with van der Waals surface area (Å²) in [5, 5.41) is 0. The number of benzene rings is 2. The number of esters is 1. The van der Waals surface area contributed by atoms with Crippen LogP contribution in [0.1, 0.15) is 29.2 Å². The highest BCUT2D eigenvalue weighted by Gasteiger charge is 2.59. The van der Waals surface area contributed by atoms with Gasteiger partial charge in [-0.3, -0.25) is 9.59 Å². The van der Waals surface area contributed by atoms with Gasteiger partial charge >= 0.3 is 5.97 Å². The van der Waals surface area contributed by atoms with Crippen LogP contribution in [0.2, 0.25) is 0 Å². The molecule has 2 atom stereocenters. The summed E-state index contributed by atoms with van der Waals surface area (Å²) in [5.41, 5.74) is 2.60. The van der Waals surface area contributed by atoms with Crippen molar-refractivity contribution in [1.82, 2.24) is 9.88 Å². The third-order valence-corrected chi connectivity index (χ3v) is 7.86. The van der Waals surface area contributed by atoms with E-state index in [1.165, 1.54) is 26.0 Å². The molecule has 1 aliphatic heterocycles. The monoisotopic (exact) mass is 522 g/mol. The number of rotatable bonds is 9. The van der Waals surface area contributed by atoms with Gasteiger partial charge in [0.2, 0.25) is 11.8 Å². The van der Waals surface area contributed by atoms with Crippen LogP contribution in [0.15, 0.2) is 65.7 Å². The van der Waals surface area contributed by atoms with E-state index in [1.807, 2.05) is 43.3 Å². The molecule has 0 spiro atoms. The SMILES string of the molecule is COC(=O)[C@@]1(Sc2ccc(C)cc2)CC(=O)N(Cc2ccc(OC)cc2OC)C1c1ccnc(OC)c1. The summed E-state index contributed by atoms with van der Waals surface area (Å²) in [7, 11) is 6.03. The topological polar surface area (TPSA) is 87.2 Å². The Morgan fingerprint density at radius 2 is 1.78 bits per heavy atom. The highest BCUT2D eigenvalue weighted by Crippen LogP contribution is 2.54. The van der Waals surface area contributed by atoms with Crippen LogP contribution in [0.4, 0.5) is 0 Å². The zero-order valence-corrected chi connectivity index (χ0v) is 22.3. The fourth-order valence-electron chi connectivity index (χ4n) is 4.63. The molecular weight excluding hydrogens is 492 g/mol. The van der Waals surface area contributed by atoms with Crippen LogP contribution >= 0.6 is 11.8 Å². The standard InChI is InChI=1S/C28H30N2O6S/c1-18-6-10-22(11-7-18)37-28(27(32)36-5)16-25(31)30(26(28)19-12-13-29-24(14-19)35-4)17-20-8-9-21(33-2)15-23(20)34-3/h6-15,26H,16-17H2,1-5H3/t26?,28-/m1/s1. The van der Waals surface area contributed by atoms with E-state index in [4.69, 9.17) is 18.9 Å². The Labute approximate surface area is 220 Å². The molecule has 0 bridgehead atoms. The number of aryl methyl sites for hydroxylation is 1. The maximum absolute atomic E-state index is 13.7. The molecular formula is C28H30N2O6S. The number of carbonyl (C=O) groups excluding carboxylic acids is 2. The second kappa shape index (κ2) is 11.1. The Kier molecular flexibility index (Phi) is 7.92. The van der Waals surface area contributed by atoms with Gasteiger partial charge in [-0.15, -0.1) is 11.8 Å². The van der Waals surface area contributed by atoms with E-state index in [9.17, 15) is 9.59 Å². The van der Waals surface area contributed by atoms with Crippen molar-refractivity contribution in [2.75, 3.05) is 28.4 Å². The van der Waals surface area contributed by atoms with Gasteiger partial charge in [0, 0.05) is 35.3 Å². The molecule has 3 aromatic rings. The highest BCUT2D eigenvalue weighted by atomic mass is 32.2. The van der Waals surface area contributed by atoms with E-state index in [-0.39, 0.29) is 18.9 Å². The Bertz CT molecular complexity index is 1280. The number of aromatic nitrogens is 1. The molecule has 1 aromatic heterocycles. The number of amides is 1. The van der Waals surface area contributed by atoms with Crippen LogP contribution in [-0.4, -0.2) is 54.9 Å². The molecule has 4 rings (SSSR count). The molecule has 8 nitrogen and oxygen atoms in total. The Balaban J connectivity index is 1.86. The average molecular weight is 523 g/mol. The van der Waals surface area contributed by atoms with Crippen molar-refractivity contribution >= 4 is 23.6 Å². The summed E-state index contributed by atoms with van der Waals surface area (Å²) in [6.45, 7) is 2.22. The molecule has 0 aliphatic carbocycles. The van der Waals surface area contributed by atoms with Crippen LogP contribution in [0, 0.1) is 6.92 Å². The van der Waals surface area contributed by atoms with E-state index < -0.39 is 16.8 Å². The van der Waals surface area contributed by atoms with Crippen LogP contribution in [0.5, 0.6) is 17.4 Å². The van der Waals surface area contributed by atoms with Gasteiger partial charge in [0.25, 0.3) is 0 Å². The van der Waals surface area contributed by atoms with E-state index in [0.29, 0.717) is 17.4 Å². The summed E-state index contributed by atoms with van der Waals surface area (Å²) in [6, 6.07) is 16.2. The maximum atomic E-state index is 13.7. The largest absolute Gasteiger partial charge is 0.497 e. The summed E-state index contributed by atoms with van der Waals surface area (Å²) >= 11 is 1.34. The van der Waals surface area contributed by atoms with Gasteiger partial charge in [0.15, 0.2) is 4.75 Å². The van der Waals surface area contributed by atoms with Gasteiger partial charge in [-0.25, -0.2) is 4.98 Å². The van der Waals surface area contributed by atoms with Crippen molar-refractivity contribution in [2.24, 2.45) is 0 Å². The van der Waals surface area contributed by atoms with Gasteiger partial charge in [-0.2, -0.15) is 0 Å². The van der Waals surface area contributed by atoms with Crippen molar-refractivity contribution in [3.05, 3.63) is 77.5 Å². The van der Waals surface area contributed by atoms with Crippen LogP contribution < -0.4 is 14.2 Å². The molecule has 1 fully saturated rings. The molecule has 0 radical (unpaired) electrons.